The van der Waals surface area contributed by atoms with Gasteiger partial charge in [0.05, 0.1) is 7.11 Å². The summed E-state index contributed by atoms with van der Waals surface area (Å²) in [5, 5.41) is 2.93. The summed E-state index contributed by atoms with van der Waals surface area (Å²) in [5.74, 6) is 5.73. The second-order valence-corrected chi connectivity index (χ2v) is 5.10. The van der Waals surface area contributed by atoms with Crippen molar-refractivity contribution in [1.82, 2.24) is 5.32 Å². The standard InChI is InChI=1S/C18H23NO3/c1-4-14(2)19-18(21)16-11-8-10-15(13-16)9-6-5-7-12-17(20)22-3/h8,10-11,13-14H,4-5,7,12H2,1-3H3,(H,19,21). The molecule has 1 unspecified atom stereocenters. The van der Waals surface area contributed by atoms with Crippen molar-refractivity contribution in [1.29, 1.82) is 0 Å². The fourth-order valence-electron chi connectivity index (χ4n) is 1.74. The molecule has 0 radical (unpaired) electrons. The van der Waals surface area contributed by atoms with E-state index in [4.69, 9.17) is 0 Å². The molecule has 1 rings (SSSR count). The van der Waals surface area contributed by atoms with Gasteiger partial charge in [0.1, 0.15) is 0 Å². The first-order chi connectivity index (χ1) is 10.6. The van der Waals surface area contributed by atoms with Gasteiger partial charge in [-0.05, 0) is 38.0 Å². The van der Waals surface area contributed by atoms with Crippen molar-refractivity contribution < 1.29 is 14.3 Å². The van der Waals surface area contributed by atoms with Crippen LogP contribution in [0.4, 0.5) is 0 Å². The number of hydrogen-bond donors (Lipinski definition) is 1. The first kappa shape index (κ1) is 17.8. The molecular weight excluding hydrogens is 278 g/mol. The molecule has 4 nitrogen and oxygen atoms in total. The largest absolute Gasteiger partial charge is 0.469 e. The number of amides is 1. The number of carbonyl (C=O) groups excluding carboxylic acids is 2. The normalized spacial score (nSPS) is 11.0. The molecule has 0 bridgehead atoms. The Hall–Kier alpha value is -2.28. The minimum absolute atomic E-state index is 0.0799. The van der Waals surface area contributed by atoms with E-state index in [0.29, 0.717) is 24.8 Å². The first-order valence-corrected chi connectivity index (χ1v) is 7.53. The van der Waals surface area contributed by atoms with E-state index in [-0.39, 0.29) is 17.9 Å². The Bertz CT molecular complexity index is 569. The number of ether oxygens (including phenoxy) is 1. The first-order valence-electron chi connectivity index (χ1n) is 7.53. The highest BCUT2D eigenvalue weighted by Crippen LogP contribution is 2.05. The third kappa shape index (κ3) is 6.45. The van der Waals surface area contributed by atoms with Crippen LogP contribution < -0.4 is 5.32 Å². The molecule has 1 aromatic carbocycles. The van der Waals surface area contributed by atoms with Crippen molar-refractivity contribution in [3.05, 3.63) is 35.4 Å². The fourth-order valence-corrected chi connectivity index (χ4v) is 1.74. The molecular formula is C18H23NO3. The molecule has 22 heavy (non-hydrogen) atoms. The molecule has 0 saturated carbocycles. The summed E-state index contributed by atoms with van der Waals surface area (Å²) in [7, 11) is 1.38. The van der Waals surface area contributed by atoms with Gasteiger partial charge >= 0.3 is 5.97 Å². The zero-order chi connectivity index (χ0) is 16.4. The summed E-state index contributed by atoms with van der Waals surface area (Å²) < 4.78 is 4.57. The molecule has 0 saturated heterocycles. The van der Waals surface area contributed by atoms with Gasteiger partial charge in [-0.2, -0.15) is 0 Å². The van der Waals surface area contributed by atoms with Gasteiger partial charge in [-0.1, -0.05) is 24.8 Å². The summed E-state index contributed by atoms with van der Waals surface area (Å²) in [6.07, 6.45) is 2.57. The zero-order valence-corrected chi connectivity index (χ0v) is 13.4. The van der Waals surface area contributed by atoms with Crippen LogP contribution in [0.15, 0.2) is 24.3 Å². The molecule has 4 heteroatoms. The molecule has 1 N–H and O–H groups in total. The molecule has 118 valence electrons. The molecule has 0 aliphatic rings. The molecule has 0 fully saturated rings. The monoisotopic (exact) mass is 301 g/mol. The van der Waals surface area contributed by atoms with Crippen LogP contribution in [-0.2, 0) is 9.53 Å². The van der Waals surface area contributed by atoms with E-state index in [9.17, 15) is 9.59 Å². The lowest BCUT2D eigenvalue weighted by Gasteiger charge is -2.11. The van der Waals surface area contributed by atoms with Crippen molar-refractivity contribution in [3.8, 4) is 11.8 Å². The Morgan fingerprint density at radius 2 is 2.14 bits per heavy atom. The van der Waals surface area contributed by atoms with Crippen molar-refractivity contribution in [2.24, 2.45) is 0 Å². The van der Waals surface area contributed by atoms with Crippen LogP contribution >= 0.6 is 0 Å². The Labute approximate surface area is 132 Å². The van der Waals surface area contributed by atoms with Crippen molar-refractivity contribution in [3.63, 3.8) is 0 Å². The quantitative estimate of drug-likeness (QED) is 0.499. The lowest BCUT2D eigenvalue weighted by atomic mass is 10.1. The average Bonchev–Trinajstić information content (AvgIpc) is 2.54. The van der Waals surface area contributed by atoms with Gasteiger partial charge in [-0.25, -0.2) is 0 Å². The van der Waals surface area contributed by atoms with Gasteiger partial charge in [-0.15, -0.1) is 0 Å². The number of methoxy groups -OCH3 is 1. The predicted molar refractivity (Wildman–Crippen MR) is 86.4 cm³/mol. The van der Waals surface area contributed by atoms with Crippen LogP contribution in [0.2, 0.25) is 0 Å². The number of esters is 1. The zero-order valence-electron chi connectivity index (χ0n) is 13.4. The molecule has 0 aliphatic heterocycles. The molecule has 1 atom stereocenters. The van der Waals surface area contributed by atoms with E-state index in [1.807, 2.05) is 26.0 Å². The van der Waals surface area contributed by atoms with E-state index in [0.717, 1.165) is 12.0 Å². The van der Waals surface area contributed by atoms with E-state index >= 15 is 0 Å². The maximum Gasteiger partial charge on any atom is 0.305 e. The SMILES string of the molecule is CCC(C)NC(=O)c1cccc(C#CCCCC(=O)OC)c1. The molecule has 0 spiro atoms. The average molecular weight is 301 g/mol. The van der Waals surface area contributed by atoms with E-state index in [1.54, 1.807) is 12.1 Å². The van der Waals surface area contributed by atoms with E-state index < -0.39 is 0 Å². The van der Waals surface area contributed by atoms with Gasteiger partial charge < -0.3 is 10.1 Å². The summed E-state index contributed by atoms with van der Waals surface area (Å²) in [4.78, 5) is 23.0. The maximum absolute atomic E-state index is 12.0. The third-order valence-corrected chi connectivity index (χ3v) is 3.26. The van der Waals surface area contributed by atoms with Crippen molar-refractivity contribution in [2.45, 2.75) is 45.6 Å². The third-order valence-electron chi connectivity index (χ3n) is 3.26. The van der Waals surface area contributed by atoms with Crippen LogP contribution in [-0.4, -0.2) is 25.0 Å². The van der Waals surface area contributed by atoms with E-state index in [1.165, 1.54) is 7.11 Å². The van der Waals surface area contributed by atoms with Crippen LogP contribution in [0.25, 0.3) is 0 Å². The minimum Gasteiger partial charge on any atom is -0.469 e. The number of carbonyl (C=O) groups is 2. The smallest absolute Gasteiger partial charge is 0.305 e. The van der Waals surface area contributed by atoms with E-state index in [2.05, 4.69) is 21.9 Å². The predicted octanol–water partition coefficient (Wildman–Crippen LogP) is 2.91. The van der Waals surface area contributed by atoms with Gasteiger partial charge in [0.25, 0.3) is 5.91 Å². The Morgan fingerprint density at radius 3 is 2.82 bits per heavy atom. The van der Waals surface area contributed by atoms with Crippen LogP contribution in [0.1, 0.15) is 55.5 Å². The van der Waals surface area contributed by atoms with Gasteiger partial charge in [0.15, 0.2) is 0 Å². The van der Waals surface area contributed by atoms with Crippen LogP contribution in [0.5, 0.6) is 0 Å². The minimum atomic E-state index is -0.217. The molecule has 1 amide bonds. The van der Waals surface area contributed by atoms with Crippen LogP contribution in [0, 0.1) is 11.8 Å². The fraction of sp³-hybridized carbons (Fsp3) is 0.444. The van der Waals surface area contributed by atoms with Crippen molar-refractivity contribution >= 4 is 11.9 Å². The lowest BCUT2D eigenvalue weighted by molar-refractivity contribution is -0.140. The number of hydrogen-bond acceptors (Lipinski definition) is 3. The number of benzene rings is 1. The Balaban J connectivity index is 2.57. The number of nitrogens with one attached hydrogen (secondary N) is 1. The Kier molecular flexibility index (Phi) is 7.77. The number of rotatable bonds is 6. The molecule has 0 aliphatic carbocycles. The maximum atomic E-state index is 12.0. The highest BCUT2D eigenvalue weighted by atomic mass is 16.5. The molecule has 0 heterocycles. The molecule has 0 aromatic heterocycles. The second kappa shape index (κ2) is 9.62. The highest BCUT2D eigenvalue weighted by Gasteiger charge is 2.08. The lowest BCUT2D eigenvalue weighted by Crippen LogP contribution is -2.31. The van der Waals surface area contributed by atoms with Gasteiger partial charge in [0.2, 0.25) is 0 Å². The second-order valence-electron chi connectivity index (χ2n) is 5.10. The van der Waals surface area contributed by atoms with Crippen molar-refractivity contribution in [2.75, 3.05) is 7.11 Å². The number of unbranched alkanes of at least 4 members (excludes halogenated alkanes) is 1. The topological polar surface area (TPSA) is 55.4 Å². The summed E-state index contributed by atoms with van der Waals surface area (Å²) >= 11 is 0. The van der Waals surface area contributed by atoms with Gasteiger partial charge in [-0.3, -0.25) is 9.59 Å². The Morgan fingerprint density at radius 1 is 1.36 bits per heavy atom. The van der Waals surface area contributed by atoms with Crippen LogP contribution in [0.3, 0.4) is 0 Å². The van der Waals surface area contributed by atoms with Gasteiger partial charge in [0, 0.05) is 30.0 Å². The summed E-state index contributed by atoms with van der Waals surface area (Å²) in [5.41, 5.74) is 1.41. The highest BCUT2D eigenvalue weighted by molar-refractivity contribution is 5.94. The summed E-state index contributed by atoms with van der Waals surface area (Å²) in [6.45, 7) is 4.00. The summed E-state index contributed by atoms with van der Waals surface area (Å²) in [6, 6.07) is 7.41. The molecule has 1 aromatic rings.